The molecule has 1 saturated heterocycles. The van der Waals surface area contributed by atoms with Gasteiger partial charge in [-0.15, -0.1) is 0 Å². The Labute approximate surface area is 99.5 Å². The normalized spacial score (nSPS) is 23.2. The van der Waals surface area contributed by atoms with Crippen molar-refractivity contribution in [2.45, 2.75) is 37.8 Å². The van der Waals surface area contributed by atoms with Crippen LogP contribution in [-0.4, -0.2) is 42.8 Å². The molecule has 0 bridgehead atoms. The molecule has 0 aromatic carbocycles. The molecule has 17 heavy (non-hydrogen) atoms. The molecule has 0 unspecified atom stereocenters. The predicted molar refractivity (Wildman–Crippen MR) is 60.2 cm³/mol. The first-order valence-corrected chi connectivity index (χ1v) is 6.01. The van der Waals surface area contributed by atoms with Gasteiger partial charge in [0.15, 0.2) is 0 Å². The highest BCUT2D eigenvalue weighted by Gasteiger charge is 2.27. The van der Waals surface area contributed by atoms with Crippen molar-refractivity contribution in [2.75, 3.05) is 13.1 Å². The van der Waals surface area contributed by atoms with Crippen LogP contribution in [0.25, 0.3) is 0 Å². The summed E-state index contributed by atoms with van der Waals surface area (Å²) in [6.07, 6.45) is 3.64. The summed E-state index contributed by atoms with van der Waals surface area (Å²) in [4.78, 5) is 34.2. The number of hydrogen-bond donors (Lipinski definition) is 3. The van der Waals surface area contributed by atoms with Gasteiger partial charge in [-0.1, -0.05) is 0 Å². The van der Waals surface area contributed by atoms with Crippen molar-refractivity contribution >= 4 is 17.6 Å². The molecule has 6 nitrogen and oxygen atoms in total. The largest absolute Gasteiger partial charge is 0.347 e. The van der Waals surface area contributed by atoms with Crippen molar-refractivity contribution in [3.8, 4) is 0 Å². The van der Waals surface area contributed by atoms with E-state index in [1.165, 1.54) is 0 Å². The summed E-state index contributed by atoms with van der Waals surface area (Å²) in [7, 11) is 0. The van der Waals surface area contributed by atoms with Gasteiger partial charge in [-0.25, -0.2) is 0 Å². The topological polar surface area (TPSA) is 87.3 Å². The summed E-state index contributed by atoms with van der Waals surface area (Å²) in [6, 6.07) is -0.0482. The second-order valence-corrected chi connectivity index (χ2v) is 4.54. The molecule has 0 radical (unpaired) electrons. The highest BCUT2D eigenvalue weighted by molar-refractivity contribution is 6.37. The average Bonchev–Trinajstić information content (AvgIpc) is 2.96. The highest BCUT2D eigenvalue weighted by atomic mass is 16.2. The fraction of sp³-hybridized carbons (Fsp3) is 0.727. The van der Waals surface area contributed by atoms with E-state index in [1.807, 2.05) is 0 Å². The van der Waals surface area contributed by atoms with Crippen molar-refractivity contribution in [1.82, 2.24) is 16.0 Å². The summed E-state index contributed by atoms with van der Waals surface area (Å²) in [5.74, 6) is -1.37. The minimum atomic E-state index is -0.591. The molecule has 1 aliphatic heterocycles. The quantitative estimate of drug-likeness (QED) is 0.521. The minimum absolute atomic E-state index is 0.165. The van der Waals surface area contributed by atoms with Crippen molar-refractivity contribution in [2.24, 2.45) is 0 Å². The monoisotopic (exact) mass is 239 g/mol. The van der Waals surface area contributed by atoms with E-state index in [0.29, 0.717) is 0 Å². The fourth-order valence-corrected chi connectivity index (χ4v) is 1.77. The summed E-state index contributed by atoms with van der Waals surface area (Å²) in [5.41, 5.74) is 0. The maximum absolute atomic E-state index is 11.5. The standard InChI is InChI=1S/C11H17N3O3/c15-9(11(17)14-7-3-4-7)6-13-10(16)8-2-1-5-12-8/h7-8,12H,1-6H2,(H,13,16)(H,14,17)/t8-/m0/s1. The van der Waals surface area contributed by atoms with Crippen LogP contribution in [0.15, 0.2) is 0 Å². The smallest absolute Gasteiger partial charge is 0.289 e. The van der Waals surface area contributed by atoms with Crippen LogP contribution in [0.2, 0.25) is 0 Å². The zero-order chi connectivity index (χ0) is 12.3. The first-order chi connectivity index (χ1) is 8.16. The summed E-state index contributed by atoms with van der Waals surface area (Å²) in [6.45, 7) is 0.615. The number of ketones is 1. The molecule has 2 aliphatic rings. The van der Waals surface area contributed by atoms with Crippen LogP contribution >= 0.6 is 0 Å². The zero-order valence-corrected chi connectivity index (χ0v) is 9.62. The van der Waals surface area contributed by atoms with E-state index in [1.54, 1.807) is 0 Å². The lowest BCUT2D eigenvalue weighted by Crippen LogP contribution is -2.45. The molecule has 1 saturated carbocycles. The van der Waals surface area contributed by atoms with Gasteiger partial charge >= 0.3 is 0 Å². The SMILES string of the molecule is O=C(CNC(=O)[C@@H]1CCCN1)C(=O)NC1CC1. The first kappa shape index (κ1) is 12.0. The van der Waals surface area contributed by atoms with Gasteiger partial charge in [-0.2, -0.15) is 0 Å². The van der Waals surface area contributed by atoms with Gasteiger partial charge in [0.05, 0.1) is 12.6 Å². The Balaban J connectivity index is 1.67. The number of hydrogen-bond acceptors (Lipinski definition) is 4. The van der Waals surface area contributed by atoms with Gasteiger partial charge in [0.25, 0.3) is 5.91 Å². The molecule has 1 atom stereocenters. The molecular weight excluding hydrogens is 222 g/mol. The number of amides is 2. The molecule has 6 heteroatoms. The van der Waals surface area contributed by atoms with Gasteiger partial charge < -0.3 is 16.0 Å². The molecule has 2 rings (SSSR count). The lowest BCUT2D eigenvalue weighted by atomic mass is 10.2. The van der Waals surface area contributed by atoms with Gasteiger partial charge in [0, 0.05) is 6.04 Å². The lowest BCUT2D eigenvalue weighted by molar-refractivity contribution is -0.138. The third-order valence-electron chi connectivity index (χ3n) is 2.97. The van der Waals surface area contributed by atoms with Crippen LogP contribution in [0.4, 0.5) is 0 Å². The minimum Gasteiger partial charge on any atom is -0.347 e. The van der Waals surface area contributed by atoms with Gasteiger partial charge in [0.1, 0.15) is 0 Å². The Morgan fingerprint density at radius 3 is 2.53 bits per heavy atom. The Morgan fingerprint density at radius 2 is 1.94 bits per heavy atom. The second-order valence-electron chi connectivity index (χ2n) is 4.54. The van der Waals surface area contributed by atoms with Gasteiger partial charge in [0.2, 0.25) is 11.7 Å². The number of Topliss-reactive ketones (excluding diaryl/α,β-unsaturated/α-hetero) is 1. The average molecular weight is 239 g/mol. The molecule has 94 valence electrons. The van der Waals surface area contributed by atoms with Gasteiger partial charge in [-0.3, -0.25) is 14.4 Å². The predicted octanol–water partition coefficient (Wildman–Crippen LogP) is -1.30. The van der Waals surface area contributed by atoms with E-state index in [9.17, 15) is 14.4 Å². The number of carbonyl (C=O) groups is 3. The summed E-state index contributed by atoms with van der Waals surface area (Å²) >= 11 is 0. The molecule has 0 spiro atoms. The van der Waals surface area contributed by atoms with E-state index < -0.39 is 11.7 Å². The van der Waals surface area contributed by atoms with E-state index in [4.69, 9.17) is 0 Å². The van der Waals surface area contributed by atoms with Gasteiger partial charge in [-0.05, 0) is 32.2 Å². The van der Waals surface area contributed by atoms with E-state index in [2.05, 4.69) is 16.0 Å². The number of carbonyl (C=O) groups excluding carboxylic acids is 3. The highest BCUT2D eigenvalue weighted by Crippen LogP contribution is 2.18. The van der Waals surface area contributed by atoms with Crippen molar-refractivity contribution < 1.29 is 14.4 Å². The maximum Gasteiger partial charge on any atom is 0.289 e. The van der Waals surface area contributed by atoms with E-state index in [0.717, 1.165) is 32.2 Å². The molecule has 0 aromatic rings. The first-order valence-electron chi connectivity index (χ1n) is 6.01. The van der Waals surface area contributed by atoms with Crippen LogP contribution in [0, 0.1) is 0 Å². The Kier molecular flexibility index (Phi) is 3.73. The Hall–Kier alpha value is -1.43. The maximum atomic E-state index is 11.5. The summed E-state index contributed by atoms with van der Waals surface area (Å²) < 4.78 is 0. The van der Waals surface area contributed by atoms with Crippen LogP contribution < -0.4 is 16.0 Å². The zero-order valence-electron chi connectivity index (χ0n) is 9.62. The molecule has 1 aliphatic carbocycles. The van der Waals surface area contributed by atoms with Crippen LogP contribution in [0.1, 0.15) is 25.7 Å². The van der Waals surface area contributed by atoms with E-state index in [-0.39, 0.29) is 24.5 Å². The fourth-order valence-electron chi connectivity index (χ4n) is 1.77. The molecule has 2 fully saturated rings. The number of rotatable bonds is 5. The third-order valence-corrected chi connectivity index (χ3v) is 2.97. The summed E-state index contributed by atoms with van der Waals surface area (Å²) in [5, 5.41) is 8.11. The van der Waals surface area contributed by atoms with Crippen LogP contribution in [0.5, 0.6) is 0 Å². The Bertz CT molecular complexity index is 333. The molecule has 0 aromatic heterocycles. The van der Waals surface area contributed by atoms with Crippen molar-refractivity contribution in [3.63, 3.8) is 0 Å². The van der Waals surface area contributed by atoms with Crippen LogP contribution in [-0.2, 0) is 14.4 Å². The second kappa shape index (κ2) is 5.27. The molecular formula is C11H17N3O3. The van der Waals surface area contributed by atoms with Crippen LogP contribution in [0.3, 0.4) is 0 Å². The van der Waals surface area contributed by atoms with Crippen molar-refractivity contribution in [3.05, 3.63) is 0 Å². The molecule has 1 heterocycles. The lowest BCUT2D eigenvalue weighted by Gasteiger charge is -2.10. The molecule has 3 N–H and O–H groups in total. The number of nitrogens with one attached hydrogen (secondary N) is 3. The van der Waals surface area contributed by atoms with Crippen molar-refractivity contribution in [1.29, 1.82) is 0 Å². The Morgan fingerprint density at radius 1 is 1.18 bits per heavy atom. The third kappa shape index (κ3) is 3.52. The molecule has 2 amide bonds. The van der Waals surface area contributed by atoms with E-state index >= 15 is 0 Å².